The van der Waals surface area contributed by atoms with Gasteiger partial charge in [0.05, 0.1) is 24.4 Å². The average molecular weight is 264 g/mol. The van der Waals surface area contributed by atoms with Gasteiger partial charge in [-0.3, -0.25) is 0 Å². The van der Waals surface area contributed by atoms with Crippen LogP contribution in [0, 0.1) is 0 Å². The molecular formula is C15H24N2O2. The monoisotopic (exact) mass is 264 g/mol. The minimum Gasteiger partial charge on any atom is -0.492 e. The normalized spacial score (nSPS) is 23.7. The Balaban J connectivity index is 2.07. The second-order valence-corrected chi connectivity index (χ2v) is 5.14. The SMILES string of the molecule is CCOc1cc(NC2CCCCCC2O)ccc1N. The molecule has 1 fully saturated rings. The van der Waals surface area contributed by atoms with Gasteiger partial charge in [-0.1, -0.05) is 19.3 Å². The summed E-state index contributed by atoms with van der Waals surface area (Å²) in [4.78, 5) is 0. The number of anilines is 2. The number of nitrogens with one attached hydrogen (secondary N) is 1. The minimum absolute atomic E-state index is 0.126. The average Bonchev–Trinajstić information content (AvgIpc) is 2.59. The molecule has 1 aromatic carbocycles. The van der Waals surface area contributed by atoms with Crippen LogP contribution in [-0.2, 0) is 0 Å². The lowest BCUT2D eigenvalue weighted by Crippen LogP contribution is -2.32. The zero-order chi connectivity index (χ0) is 13.7. The van der Waals surface area contributed by atoms with Crippen LogP contribution in [0.1, 0.15) is 39.0 Å². The smallest absolute Gasteiger partial charge is 0.144 e. The number of ether oxygens (including phenoxy) is 1. The molecule has 1 saturated carbocycles. The molecule has 0 amide bonds. The van der Waals surface area contributed by atoms with E-state index in [0.29, 0.717) is 18.0 Å². The van der Waals surface area contributed by atoms with Crippen molar-refractivity contribution >= 4 is 11.4 Å². The maximum absolute atomic E-state index is 10.1. The number of aliphatic hydroxyl groups excluding tert-OH is 1. The second-order valence-electron chi connectivity index (χ2n) is 5.14. The van der Waals surface area contributed by atoms with E-state index in [2.05, 4.69) is 5.32 Å². The van der Waals surface area contributed by atoms with Gasteiger partial charge in [0.2, 0.25) is 0 Å². The van der Waals surface area contributed by atoms with Gasteiger partial charge in [0, 0.05) is 11.8 Å². The third kappa shape index (κ3) is 3.77. The van der Waals surface area contributed by atoms with Gasteiger partial charge in [0.15, 0.2) is 0 Å². The molecular weight excluding hydrogens is 240 g/mol. The molecule has 0 saturated heterocycles. The first-order chi connectivity index (χ1) is 9.20. The number of hydrogen-bond acceptors (Lipinski definition) is 4. The number of aliphatic hydroxyl groups is 1. The molecule has 2 atom stereocenters. The van der Waals surface area contributed by atoms with Crippen LogP contribution in [0.25, 0.3) is 0 Å². The van der Waals surface area contributed by atoms with E-state index in [-0.39, 0.29) is 12.1 Å². The molecule has 2 rings (SSSR count). The summed E-state index contributed by atoms with van der Waals surface area (Å²) in [6.45, 7) is 2.54. The molecule has 0 spiro atoms. The van der Waals surface area contributed by atoms with E-state index in [4.69, 9.17) is 10.5 Å². The number of rotatable bonds is 4. The van der Waals surface area contributed by atoms with E-state index >= 15 is 0 Å². The quantitative estimate of drug-likeness (QED) is 0.578. The summed E-state index contributed by atoms with van der Waals surface area (Å²) in [5, 5.41) is 13.5. The van der Waals surface area contributed by atoms with Gasteiger partial charge in [0.1, 0.15) is 5.75 Å². The van der Waals surface area contributed by atoms with Gasteiger partial charge in [-0.15, -0.1) is 0 Å². The van der Waals surface area contributed by atoms with Gasteiger partial charge in [-0.05, 0) is 31.9 Å². The second kappa shape index (κ2) is 6.66. The zero-order valence-corrected chi connectivity index (χ0v) is 11.6. The predicted molar refractivity (Wildman–Crippen MR) is 78.5 cm³/mol. The van der Waals surface area contributed by atoms with Crippen molar-refractivity contribution in [1.29, 1.82) is 0 Å². The van der Waals surface area contributed by atoms with Crippen LogP contribution in [0.15, 0.2) is 18.2 Å². The predicted octanol–water partition coefficient (Wildman–Crippen LogP) is 2.77. The Morgan fingerprint density at radius 3 is 2.89 bits per heavy atom. The van der Waals surface area contributed by atoms with Crippen molar-refractivity contribution in [3.05, 3.63) is 18.2 Å². The van der Waals surface area contributed by atoms with Gasteiger partial charge in [-0.25, -0.2) is 0 Å². The Morgan fingerprint density at radius 1 is 1.32 bits per heavy atom. The molecule has 0 aromatic heterocycles. The summed E-state index contributed by atoms with van der Waals surface area (Å²) in [6, 6.07) is 5.82. The molecule has 19 heavy (non-hydrogen) atoms. The largest absolute Gasteiger partial charge is 0.492 e. The van der Waals surface area contributed by atoms with Crippen molar-refractivity contribution in [1.82, 2.24) is 0 Å². The van der Waals surface area contributed by atoms with E-state index in [9.17, 15) is 5.11 Å². The Labute approximate surface area is 115 Å². The first kappa shape index (κ1) is 14.0. The lowest BCUT2D eigenvalue weighted by atomic mass is 10.1. The van der Waals surface area contributed by atoms with Gasteiger partial charge < -0.3 is 20.9 Å². The fourth-order valence-corrected chi connectivity index (χ4v) is 2.58. The highest BCUT2D eigenvalue weighted by Crippen LogP contribution is 2.28. The lowest BCUT2D eigenvalue weighted by Gasteiger charge is -2.23. The molecule has 4 N–H and O–H groups in total. The van der Waals surface area contributed by atoms with Crippen LogP contribution in [0.2, 0.25) is 0 Å². The molecule has 0 aliphatic heterocycles. The van der Waals surface area contributed by atoms with E-state index in [1.807, 2.05) is 25.1 Å². The molecule has 0 radical (unpaired) electrons. The summed E-state index contributed by atoms with van der Waals surface area (Å²) in [5.74, 6) is 0.704. The topological polar surface area (TPSA) is 67.5 Å². The van der Waals surface area contributed by atoms with Crippen LogP contribution in [0.3, 0.4) is 0 Å². The first-order valence-electron chi connectivity index (χ1n) is 7.17. The Bertz CT molecular complexity index is 409. The molecule has 4 nitrogen and oxygen atoms in total. The van der Waals surface area contributed by atoms with Crippen molar-refractivity contribution in [3.8, 4) is 5.75 Å². The highest BCUT2D eigenvalue weighted by atomic mass is 16.5. The van der Waals surface area contributed by atoms with E-state index < -0.39 is 0 Å². The molecule has 2 unspecified atom stereocenters. The summed E-state index contributed by atoms with van der Waals surface area (Å²) >= 11 is 0. The molecule has 106 valence electrons. The first-order valence-corrected chi connectivity index (χ1v) is 7.17. The van der Waals surface area contributed by atoms with Crippen molar-refractivity contribution in [3.63, 3.8) is 0 Å². The van der Waals surface area contributed by atoms with E-state index in [0.717, 1.165) is 24.9 Å². The maximum Gasteiger partial charge on any atom is 0.144 e. The van der Waals surface area contributed by atoms with E-state index in [1.54, 1.807) is 0 Å². The number of nitrogens with two attached hydrogens (primary N) is 1. The van der Waals surface area contributed by atoms with Gasteiger partial charge >= 0.3 is 0 Å². The minimum atomic E-state index is -0.268. The molecule has 1 aliphatic carbocycles. The molecule has 1 aliphatic rings. The Kier molecular flexibility index (Phi) is 4.91. The summed E-state index contributed by atoms with van der Waals surface area (Å²) in [5.41, 5.74) is 7.47. The van der Waals surface area contributed by atoms with Gasteiger partial charge in [0.25, 0.3) is 0 Å². The molecule has 0 heterocycles. The third-order valence-corrected chi connectivity index (χ3v) is 3.64. The zero-order valence-electron chi connectivity index (χ0n) is 11.6. The number of hydrogen-bond donors (Lipinski definition) is 3. The molecule has 0 bridgehead atoms. The van der Waals surface area contributed by atoms with Crippen molar-refractivity contribution in [2.75, 3.05) is 17.7 Å². The summed E-state index contributed by atoms with van der Waals surface area (Å²) in [6.07, 6.45) is 5.12. The van der Waals surface area contributed by atoms with Crippen molar-refractivity contribution in [2.45, 2.75) is 51.2 Å². The number of nitrogen functional groups attached to an aromatic ring is 1. The lowest BCUT2D eigenvalue weighted by molar-refractivity contribution is 0.144. The third-order valence-electron chi connectivity index (χ3n) is 3.64. The van der Waals surface area contributed by atoms with Crippen LogP contribution in [-0.4, -0.2) is 23.9 Å². The number of benzene rings is 1. The van der Waals surface area contributed by atoms with Crippen LogP contribution >= 0.6 is 0 Å². The van der Waals surface area contributed by atoms with Crippen LogP contribution in [0.4, 0.5) is 11.4 Å². The highest BCUT2D eigenvalue weighted by Gasteiger charge is 2.21. The van der Waals surface area contributed by atoms with Crippen LogP contribution in [0.5, 0.6) is 5.75 Å². The summed E-state index contributed by atoms with van der Waals surface area (Å²) < 4.78 is 5.49. The van der Waals surface area contributed by atoms with Gasteiger partial charge in [-0.2, -0.15) is 0 Å². The van der Waals surface area contributed by atoms with Crippen LogP contribution < -0.4 is 15.8 Å². The van der Waals surface area contributed by atoms with E-state index in [1.165, 1.54) is 12.8 Å². The molecule has 4 heteroatoms. The summed E-state index contributed by atoms with van der Waals surface area (Å²) in [7, 11) is 0. The fourth-order valence-electron chi connectivity index (χ4n) is 2.58. The molecule has 1 aromatic rings. The standard InChI is InChI=1S/C15H24N2O2/c1-2-19-15-10-11(8-9-12(15)16)17-13-6-4-3-5-7-14(13)18/h8-10,13-14,17-18H,2-7,16H2,1H3. The Morgan fingerprint density at radius 2 is 2.11 bits per heavy atom. The fraction of sp³-hybridized carbons (Fsp3) is 0.600. The van der Waals surface area contributed by atoms with Crippen molar-refractivity contribution in [2.24, 2.45) is 0 Å². The Hall–Kier alpha value is -1.42. The van der Waals surface area contributed by atoms with Crippen molar-refractivity contribution < 1.29 is 9.84 Å². The highest BCUT2D eigenvalue weighted by molar-refractivity contribution is 5.61. The maximum atomic E-state index is 10.1.